The molecular weight excluding hydrogens is 346 g/mol. The summed E-state index contributed by atoms with van der Waals surface area (Å²) in [6.45, 7) is 14.2. The van der Waals surface area contributed by atoms with Crippen LogP contribution in [0.15, 0.2) is 55.6 Å². The van der Waals surface area contributed by atoms with Crippen LogP contribution in [0.5, 0.6) is 0 Å². The summed E-state index contributed by atoms with van der Waals surface area (Å²) in [6.07, 6.45) is 8.16. The summed E-state index contributed by atoms with van der Waals surface area (Å²) in [4.78, 5) is 20.0. The van der Waals surface area contributed by atoms with E-state index in [2.05, 4.69) is 53.3 Å². The van der Waals surface area contributed by atoms with Gasteiger partial charge < -0.3 is 4.90 Å². The molecule has 2 aliphatic heterocycles. The molecule has 0 aromatic heterocycles. The van der Waals surface area contributed by atoms with Gasteiger partial charge in [0.1, 0.15) is 0 Å². The van der Waals surface area contributed by atoms with Crippen LogP contribution in [0, 0.1) is 5.92 Å². The first-order chi connectivity index (χ1) is 13.7. The molecule has 1 aromatic rings. The molecule has 4 nitrogen and oxygen atoms in total. The average molecular weight is 382 g/mol. The molecule has 1 amide bonds. The van der Waals surface area contributed by atoms with Gasteiger partial charge in [-0.2, -0.15) is 0 Å². The third-order valence-corrected chi connectivity index (χ3v) is 6.14. The first-order valence-electron chi connectivity index (χ1n) is 10.7. The van der Waals surface area contributed by atoms with Crippen LogP contribution in [0.4, 0.5) is 0 Å². The van der Waals surface area contributed by atoms with Crippen molar-refractivity contribution in [2.75, 3.05) is 39.3 Å². The number of piperidine rings is 2. The van der Waals surface area contributed by atoms with Crippen molar-refractivity contribution < 1.29 is 4.79 Å². The molecule has 0 N–H and O–H groups in total. The van der Waals surface area contributed by atoms with Gasteiger partial charge in [0.2, 0.25) is 5.91 Å². The SMILES string of the molecule is C=CCN(CC=C)C(=O)C1CCCN(C2CCN(Cc3ccccc3)CC2)C1. The Morgan fingerprint density at radius 1 is 1.04 bits per heavy atom. The first-order valence-corrected chi connectivity index (χ1v) is 10.7. The first kappa shape index (κ1) is 20.8. The number of carbonyl (C=O) groups excluding carboxylic acids is 1. The van der Waals surface area contributed by atoms with Crippen LogP contribution >= 0.6 is 0 Å². The summed E-state index contributed by atoms with van der Waals surface area (Å²) in [7, 11) is 0. The minimum Gasteiger partial charge on any atom is -0.335 e. The van der Waals surface area contributed by atoms with E-state index in [-0.39, 0.29) is 11.8 Å². The van der Waals surface area contributed by atoms with Crippen LogP contribution in [0.25, 0.3) is 0 Å². The van der Waals surface area contributed by atoms with Crippen LogP contribution in [-0.4, -0.2) is 65.9 Å². The normalized spacial score (nSPS) is 21.9. The van der Waals surface area contributed by atoms with Crippen molar-refractivity contribution in [1.29, 1.82) is 0 Å². The predicted octanol–water partition coefficient (Wildman–Crippen LogP) is 3.56. The summed E-state index contributed by atoms with van der Waals surface area (Å²) in [5.74, 6) is 0.391. The van der Waals surface area contributed by atoms with Gasteiger partial charge in [0.05, 0.1) is 5.92 Å². The monoisotopic (exact) mass is 381 g/mol. The number of likely N-dealkylation sites (tertiary alicyclic amines) is 2. The van der Waals surface area contributed by atoms with Crippen molar-refractivity contribution >= 4 is 5.91 Å². The number of nitrogens with zero attached hydrogens (tertiary/aromatic N) is 3. The van der Waals surface area contributed by atoms with Crippen molar-refractivity contribution in [2.45, 2.75) is 38.3 Å². The molecule has 3 rings (SSSR count). The zero-order chi connectivity index (χ0) is 19.8. The fraction of sp³-hybridized carbons (Fsp3) is 0.542. The van der Waals surface area contributed by atoms with Crippen molar-refractivity contribution in [3.8, 4) is 0 Å². The Labute approximate surface area is 170 Å². The summed E-state index contributed by atoms with van der Waals surface area (Å²) < 4.78 is 0. The van der Waals surface area contributed by atoms with Crippen molar-refractivity contribution in [3.05, 3.63) is 61.2 Å². The molecule has 152 valence electrons. The lowest BCUT2D eigenvalue weighted by Gasteiger charge is -2.42. The van der Waals surface area contributed by atoms with E-state index < -0.39 is 0 Å². The maximum atomic E-state index is 13.0. The van der Waals surface area contributed by atoms with E-state index >= 15 is 0 Å². The van der Waals surface area contributed by atoms with Gasteiger partial charge in [-0.25, -0.2) is 0 Å². The van der Waals surface area contributed by atoms with E-state index in [1.54, 1.807) is 0 Å². The molecule has 2 heterocycles. The fourth-order valence-electron chi connectivity index (χ4n) is 4.65. The van der Waals surface area contributed by atoms with Gasteiger partial charge in [-0.15, -0.1) is 13.2 Å². The van der Waals surface area contributed by atoms with Gasteiger partial charge in [-0.1, -0.05) is 42.5 Å². The Hall–Kier alpha value is -1.91. The van der Waals surface area contributed by atoms with Crippen LogP contribution in [0.3, 0.4) is 0 Å². The zero-order valence-electron chi connectivity index (χ0n) is 17.1. The maximum absolute atomic E-state index is 13.0. The average Bonchev–Trinajstić information content (AvgIpc) is 2.74. The summed E-state index contributed by atoms with van der Waals surface area (Å²) in [5, 5.41) is 0. The maximum Gasteiger partial charge on any atom is 0.227 e. The van der Waals surface area contributed by atoms with E-state index in [0.717, 1.165) is 45.6 Å². The highest BCUT2D eigenvalue weighted by atomic mass is 16.2. The summed E-state index contributed by atoms with van der Waals surface area (Å²) in [5.41, 5.74) is 1.40. The quantitative estimate of drug-likeness (QED) is 0.644. The lowest BCUT2D eigenvalue weighted by molar-refractivity contribution is -0.136. The summed E-state index contributed by atoms with van der Waals surface area (Å²) in [6, 6.07) is 11.4. The Kier molecular flexibility index (Phi) is 7.87. The number of carbonyl (C=O) groups is 1. The second-order valence-electron chi connectivity index (χ2n) is 8.15. The lowest BCUT2D eigenvalue weighted by atomic mass is 9.92. The molecule has 0 bridgehead atoms. The molecule has 1 unspecified atom stereocenters. The van der Waals surface area contributed by atoms with Crippen LogP contribution in [0.2, 0.25) is 0 Å². The Morgan fingerprint density at radius 2 is 1.71 bits per heavy atom. The van der Waals surface area contributed by atoms with E-state index in [0.29, 0.717) is 19.1 Å². The molecule has 2 aliphatic rings. The van der Waals surface area contributed by atoms with Gasteiger partial charge in [0.25, 0.3) is 0 Å². The smallest absolute Gasteiger partial charge is 0.227 e. The molecule has 2 saturated heterocycles. The lowest BCUT2D eigenvalue weighted by Crippen LogP contribution is -2.51. The number of hydrogen-bond donors (Lipinski definition) is 0. The molecular formula is C24H35N3O. The molecule has 0 radical (unpaired) electrons. The standard InChI is InChI=1S/C24H35N3O/c1-3-14-26(15-4-2)24(28)22-11-8-16-27(20-22)23-12-17-25(18-13-23)19-21-9-6-5-7-10-21/h3-7,9-10,22-23H,1-2,8,11-20H2. The zero-order valence-corrected chi connectivity index (χ0v) is 17.1. The second kappa shape index (κ2) is 10.6. The van der Waals surface area contributed by atoms with Crippen LogP contribution < -0.4 is 0 Å². The molecule has 1 aromatic carbocycles. The molecule has 0 aliphatic carbocycles. The Morgan fingerprint density at radius 3 is 2.36 bits per heavy atom. The number of benzene rings is 1. The van der Waals surface area contributed by atoms with E-state index in [1.807, 2.05) is 17.1 Å². The highest BCUT2D eigenvalue weighted by Gasteiger charge is 2.33. The molecule has 28 heavy (non-hydrogen) atoms. The van der Waals surface area contributed by atoms with Crippen molar-refractivity contribution in [1.82, 2.24) is 14.7 Å². The highest BCUT2D eigenvalue weighted by molar-refractivity contribution is 5.79. The Balaban J connectivity index is 1.50. The molecule has 1 atom stereocenters. The third kappa shape index (κ3) is 5.55. The third-order valence-electron chi connectivity index (χ3n) is 6.14. The second-order valence-corrected chi connectivity index (χ2v) is 8.15. The highest BCUT2D eigenvalue weighted by Crippen LogP contribution is 2.25. The summed E-state index contributed by atoms with van der Waals surface area (Å²) >= 11 is 0. The van der Waals surface area contributed by atoms with E-state index in [9.17, 15) is 4.79 Å². The molecule has 0 spiro atoms. The topological polar surface area (TPSA) is 26.8 Å². The van der Waals surface area contributed by atoms with E-state index in [4.69, 9.17) is 0 Å². The predicted molar refractivity (Wildman–Crippen MR) is 116 cm³/mol. The molecule has 2 fully saturated rings. The van der Waals surface area contributed by atoms with E-state index in [1.165, 1.54) is 18.4 Å². The fourth-order valence-corrected chi connectivity index (χ4v) is 4.65. The van der Waals surface area contributed by atoms with Gasteiger partial charge in [-0.3, -0.25) is 14.6 Å². The van der Waals surface area contributed by atoms with Gasteiger partial charge in [-0.05, 0) is 50.9 Å². The molecule has 4 heteroatoms. The van der Waals surface area contributed by atoms with Gasteiger partial charge in [0.15, 0.2) is 0 Å². The minimum absolute atomic E-state index is 0.121. The molecule has 0 saturated carbocycles. The Bertz CT molecular complexity index is 627. The van der Waals surface area contributed by atoms with Gasteiger partial charge >= 0.3 is 0 Å². The van der Waals surface area contributed by atoms with Crippen molar-refractivity contribution in [2.24, 2.45) is 5.92 Å². The van der Waals surface area contributed by atoms with Crippen molar-refractivity contribution in [3.63, 3.8) is 0 Å². The minimum atomic E-state index is 0.121. The van der Waals surface area contributed by atoms with Crippen LogP contribution in [-0.2, 0) is 11.3 Å². The number of rotatable bonds is 8. The number of amides is 1. The van der Waals surface area contributed by atoms with Gasteiger partial charge in [0, 0.05) is 32.2 Å². The number of hydrogen-bond acceptors (Lipinski definition) is 3. The largest absolute Gasteiger partial charge is 0.335 e. The van der Waals surface area contributed by atoms with Crippen LogP contribution in [0.1, 0.15) is 31.2 Å².